The third-order valence-electron chi connectivity index (χ3n) is 3.81. The van der Waals surface area contributed by atoms with Gasteiger partial charge in [-0.15, -0.1) is 0 Å². The van der Waals surface area contributed by atoms with Gasteiger partial charge in [0.05, 0.1) is 18.0 Å². The van der Waals surface area contributed by atoms with Gasteiger partial charge >= 0.3 is 5.69 Å². The molecule has 0 saturated carbocycles. The topological polar surface area (TPSA) is 93.5 Å². The van der Waals surface area contributed by atoms with Crippen molar-refractivity contribution in [3.63, 3.8) is 0 Å². The number of carbonyl (C=O) groups excluding carboxylic acids is 1. The maximum atomic E-state index is 11.9. The van der Waals surface area contributed by atoms with Crippen molar-refractivity contribution in [2.45, 2.75) is 38.3 Å². The third-order valence-corrected chi connectivity index (χ3v) is 4.05. The van der Waals surface area contributed by atoms with Gasteiger partial charge in [-0.05, 0) is 38.4 Å². The van der Waals surface area contributed by atoms with Crippen LogP contribution in [0.1, 0.15) is 26.2 Å². The number of ether oxygens (including phenoxy) is 1. The highest BCUT2D eigenvalue weighted by Crippen LogP contribution is 2.29. The molecule has 0 aromatic heterocycles. The van der Waals surface area contributed by atoms with Crippen molar-refractivity contribution in [2.75, 3.05) is 13.2 Å². The molecular formula is C15H20ClN3O4. The standard InChI is InChI=1S/C15H20ClN3O4/c1-10-12(3-2-7-17-10)18-15(20)6-8-23-14-5-4-11(16)9-13(14)19(21)22/h4-5,9-10,12,17H,2-3,6-8H2,1H3,(H,18,20). The van der Waals surface area contributed by atoms with Crippen molar-refractivity contribution in [3.05, 3.63) is 33.3 Å². The summed E-state index contributed by atoms with van der Waals surface area (Å²) in [4.78, 5) is 22.3. The molecule has 1 heterocycles. The lowest BCUT2D eigenvalue weighted by atomic mass is 10.00. The lowest BCUT2D eigenvalue weighted by Gasteiger charge is -2.30. The summed E-state index contributed by atoms with van der Waals surface area (Å²) in [5.74, 6) is -0.0120. The van der Waals surface area contributed by atoms with Crippen molar-refractivity contribution in [3.8, 4) is 5.75 Å². The van der Waals surface area contributed by atoms with Gasteiger partial charge in [-0.2, -0.15) is 0 Å². The van der Waals surface area contributed by atoms with E-state index < -0.39 is 4.92 Å². The number of hydrogen-bond donors (Lipinski definition) is 2. The maximum Gasteiger partial charge on any atom is 0.312 e. The van der Waals surface area contributed by atoms with Crippen molar-refractivity contribution in [2.24, 2.45) is 0 Å². The third kappa shape index (κ3) is 5.07. The van der Waals surface area contributed by atoms with E-state index in [1.165, 1.54) is 18.2 Å². The number of amides is 1. The predicted octanol–water partition coefficient (Wildman–Crippen LogP) is 2.27. The van der Waals surface area contributed by atoms with Crippen LogP contribution in [-0.2, 0) is 4.79 Å². The van der Waals surface area contributed by atoms with Gasteiger partial charge in [0.25, 0.3) is 0 Å². The van der Waals surface area contributed by atoms with E-state index in [1.807, 2.05) is 6.92 Å². The number of hydrogen-bond acceptors (Lipinski definition) is 5. The van der Waals surface area contributed by atoms with E-state index in [0.29, 0.717) is 0 Å². The Morgan fingerprint density at radius 2 is 2.35 bits per heavy atom. The first-order valence-corrected chi connectivity index (χ1v) is 7.94. The Morgan fingerprint density at radius 1 is 1.57 bits per heavy atom. The maximum absolute atomic E-state index is 11.9. The molecule has 1 amide bonds. The number of carbonyl (C=O) groups is 1. The van der Waals surface area contributed by atoms with Gasteiger partial charge in [-0.3, -0.25) is 14.9 Å². The molecule has 1 saturated heterocycles. The van der Waals surface area contributed by atoms with Crippen molar-refractivity contribution in [1.29, 1.82) is 0 Å². The summed E-state index contributed by atoms with van der Waals surface area (Å²) < 4.78 is 5.36. The van der Waals surface area contributed by atoms with Gasteiger partial charge in [-0.1, -0.05) is 11.6 Å². The molecule has 8 heteroatoms. The normalized spacial score (nSPS) is 20.8. The molecule has 0 aliphatic carbocycles. The largest absolute Gasteiger partial charge is 0.486 e. The zero-order valence-electron chi connectivity index (χ0n) is 12.9. The Balaban J connectivity index is 1.82. The number of nitrogens with one attached hydrogen (secondary N) is 2. The zero-order valence-corrected chi connectivity index (χ0v) is 13.6. The minimum atomic E-state index is -0.559. The lowest BCUT2D eigenvalue weighted by molar-refractivity contribution is -0.385. The highest BCUT2D eigenvalue weighted by Gasteiger charge is 2.22. The Bertz CT molecular complexity index is 582. The minimum absolute atomic E-state index is 0.0723. The quantitative estimate of drug-likeness (QED) is 0.611. The van der Waals surface area contributed by atoms with Crippen LogP contribution in [0.5, 0.6) is 5.75 Å². The van der Waals surface area contributed by atoms with Gasteiger partial charge < -0.3 is 15.4 Å². The number of halogens is 1. The first-order chi connectivity index (χ1) is 11.0. The van der Waals surface area contributed by atoms with Crippen molar-refractivity contribution in [1.82, 2.24) is 10.6 Å². The van der Waals surface area contributed by atoms with Gasteiger partial charge in [0.2, 0.25) is 5.91 Å². The van der Waals surface area contributed by atoms with E-state index >= 15 is 0 Å². The van der Waals surface area contributed by atoms with E-state index in [1.54, 1.807) is 0 Å². The van der Waals surface area contributed by atoms with Crippen LogP contribution in [0.4, 0.5) is 5.69 Å². The first-order valence-electron chi connectivity index (χ1n) is 7.57. The number of nitro groups is 1. The Labute approximate surface area is 139 Å². The highest BCUT2D eigenvalue weighted by atomic mass is 35.5. The number of benzene rings is 1. The summed E-state index contributed by atoms with van der Waals surface area (Å²) in [6.45, 7) is 3.08. The molecule has 1 aliphatic heterocycles. The SMILES string of the molecule is CC1NCCCC1NC(=O)CCOc1ccc(Cl)cc1[N+](=O)[O-]. The van der Waals surface area contributed by atoms with Crippen LogP contribution >= 0.6 is 11.6 Å². The van der Waals surface area contributed by atoms with Crippen LogP contribution in [-0.4, -0.2) is 36.1 Å². The molecule has 1 aromatic carbocycles. The minimum Gasteiger partial charge on any atom is -0.486 e. The van der Waals surface area contributed by atoms with Gasteiger partial charge in [0, 0.05) is 23.2 Å². The van der Waals surface area contributed by atoms with Gasteiger partial charge in [-0.25, -0.2) is 0 Å². The smallest absolute Gasteiger partial charge is 0.312 e. The molecule has 126 valence electrons. The van der Waals surface area contributed by atoms with E-state index in [4.69, 9.17) is 16.3 Å². The van der Waals surface area contributed by atoms with Crippen LogP contribution in [0, 0.1) is 10.1 Å². The van der Waals surface area contributed by atoms with Crippen LogP contribution in [0.2, 0.25) is 5.02 Å². The second-order valence-corrected chi connectivity index (χ2v) is 5.96. The predicted molar refractivity (Wildman–Crippen MR) is 86.8 cm³/mol. The van der Waals surface area contributed by atoms with E-state index in [0.717, 1.165) is 19.4 Å². The molecule has 0 spiro atoms. The molecule has 23 heavy (non-hydrogen) atoms. The van der Waals surface area contributed by atoms with Crippen LogP contribution < -0.4 is 15.4 Å². The summed E-state index contributed by atoms with van der Waals surface area (Å²) in [7, 11) is 0. The average Bonchev–Trinajstić information content (AvgIpc) is 2.51. The fourth-order valence-corrected chi connectivity index (χ4v) is 2.70. The Kier molecular flexibility index (Phi) is 6.18. The second kappa shape index (κ2) is 8.12. The van der Waals surface area contributed by atoms with Gasteiger partial charge in [0.1, 0.15) is 0 Å². The molecule has 2 unspecified atom stereocenters. The molecule has 2 N–H and O–H groups in total. The number of rotatable bonds is 6. The molecule has 1 aliphatic rings. The van der Waals surface area contributed by atoms with Crippen molar-refractivity contribution < 1.29 is 14.5 Å². The molecule has 0 radical (unpaired) electrons. The molecule has 0 bridgehead atoms. The Morgan fingerprint density at radius 3 is 3.04 bits per heavy atom. The number of piperidine rings is 1. The summed E-state index contributed by atoms with van der Waals surface area (Å²) >= 11 is 5.74. The molecular weight excluding hydrogens is 322 g/mol. The molecule has 7 nitrogen and oxygen atoms in total. The second-order valence-electron chi connectivity index (χ2n) is 5.53. The van der Waals surface area contributed by atoms with E-state index in [-0.39, 0.29) is 47.5 Å². The zero-order chi connectivity index (χ0) is 16.8. The van der Waals surface area contributed by atoms with Gasteiger partial charge in [0.15, 0.2) is 5.75 Å². The molecule has 1 aromatic rings. The van der Waals surface area contributed by atoms with Crippen LogP contribution in [0.3, 0.4) is 0 Å². The van der Waals surface area contributed by atoms with Crippen LogP contribution in [0.25, 0.3) is 0 Å². The average molecular weight is 342 g/mol. The summed E-state index contributed by atoms with van der Waals surface area (Å²) in [5, 5.41) is 17.5. The molecule has 2 atom stereocenters. The molecule has 2 rings (SSSR count). The lowest BCUT2D eigenvalue weighted by Crippen LogP contribution is -2.52. The summed E-state index contributed by atoms with van der Waals surface area (Å²) in [6, 6.07) is 4.53. The van der Waals surface area contributed by atoms with Crippen molar-refractivity contribution >= 4 is 23.2 Å². The fraction of sp³-hybridized carbons (Fsp3) is 0.533. The monoisotopic (exact) mass is 341 g/mol. The summed E-state index contributed by atoms with van der Waals surface area (Å²) in [6.07, 6.45) is 2.12. The highest BCUT2D eigenvalue weighted by molar-refractivity contribution is 6.30. The summed E-state index contributed by atoms with van der Waals surface area (Å²) in [5.41, 5.74) is -0.206. The number of nitro benzene ring substituents is 1. The van der Waals surface area contributed by atoms with E-state index in [9.17, 15) is 14.9 Å². The number of nitrogens with zero attached hydrogens (tertiary/aromatic N) is 1. The van der Waals surface area contributed by atoms with E-state index in [2.05, 4.69) is 10.6 Å². The fourth-order valence-electron chi connectivity index (χ4n) is 2.53. The van der Waals surface area contributed by atoms with Crippen LogP contribution in [0.15, 0.2) is 18.2 Å². The molecule has 1 fully saturated rings. The Hall–Kier alpha value is -1.86. The first kappa shape index (κ1) is 17.5.